The summed E-state index contributed by atoms with van der Waals surface area (Å²) < 4.78 is 1.54. The van der Waals surface area contributed by atoms with Gasteiger partial charge in [-0.3, -0.25) is 9.59 Å². The third-order valence-corrected chi connectivity index (χ3v) is 4.46. The first kappa shape index (κ1) is 12.0. The van der Waals surface area contributed by atoms with Gasteiger partial charge < -0.3 is 0 Å². The third-order valence-electron chi connectivity index (χ3n) is 2.51. The van der Waals surface area contributed by atoms with Crippen LogP contribution in [0.4, 0.5) is 5.13 Å². The SMILES string of the molecule is O=C1c2ccc(Br)cc2C(=O)N1c1ncc(Br)s1. The second-order valence-electron chi connectivity index (χ2n) is 3.58. The van der Waals surface area contributed by atoms with Crippen LogP contribution >= 0.6 is 43.2 Å². The maximum Gasteiger partial charge on any atom is 0.268 e. The van der Waals surface area contributed by atoms with Crippen LogP contribution in [-0.2, 0) is 0 Å². The van der Waals surface area contributed by atoms with Crippen LogP contribution in [0.25, 0.3) is 0 Å². The molecule has 0 N–H and O–H groups in total. The first-order valence-electron chi connectivity index (χ1n) is 4.87. The number of benzene rings is 1. The first-order chi connectivity index (χ1) is 8.58. The van der Waals surface area contributed by atoms with Gasteiger partial charge in [0.15, 0.2) is 0 Å². The number of carbonyl (C=O) groups excluding carboxylic acids is 2. The topological polar surface area (TPSA) is 50.3 Å². The van der Waals surface area contributed by atoms with Crippen LogP contribution in [0.5, 0.6) is 0 Å². The Hall–Kier alpha value is -1.05. The summed E-state index contributed by atoms with van der Waals surface area (Å²) in [7, 11) is 0. The maximum atomic E-state index is 12.2. The van der Waals surface area contributed by atoms with E-state index in [0.717, 1.165) is 13.2 Å². The van der Waals surface area contributed by atoms with Crippen molar-refractivity contribution in [1.29, 1.82) is 0 Å². The highest BCUT2D eigenvalue weighted by Crippen LogP contribution is 2.34. The van der Waals surface area contributed by atoms with Gasteiger partial charge in [0.25, 0.3) is 11.8 Å². The largest absolute Gasteiger partial charge is 0.268 e. The fourth-order valence-electron chi connectivity index (χ4n) is 1.74. The molecule has 4 nitrogen and oxygen atoms in total. The highest BCUT2D eigenvalue weighted by Gasteiger charge is 2.38. The van der Waals surface area contributed by atoms with E-state index in [-0.39, 0.29) is 11.8 Å². The maximum absolute atomic E-state index is 12.2. The van der Waals surface area contributed by atoms with Gasteiger partial charge in [-0.2, -0.15) is 0 Å². The van der Waals surface area contributed by atoms with E-state index in [2.05, 4.69) is 36.8 Å². The Kier molecular flexibility index (Phi) is 2.84. The lowest BCUT2D eigenvalue weighted by molar-refractivity contribution is 0.0926. The van der Waals surface area contributed by atoms with Crippen LogP contribution < -0.4 is 4.90 Å². The van der Waals surface area contributed by atoms with E-state index in [0.29, 0.717) is 16.3 Å². The van der Waals surface area contributed by atoms with Gasteiger partial charge in [-0.1, -0.05) is 27.3 Å². The molecule has 0 unspecified atom stereocenters. The second-order valence-corrected chi connectivity index (χ2v) is 6.89. The molecule has 2 aromatic rings. The van der Waals surface area contributed by atoms with Gasteiger partial charge in [0, 0.05) is 4.47 Å². The average Bonchev–Trinajstić information content (AvgIpc) is 2.84. The summed E-state index contributed by atoms with van der Waals surface area (Å²) in [4.78, 5) is 29.5. The van der Waals surface area contributed by atoms with Gasteiger partial charge in [0.2, 0.25) is 5.13 Å². The Balaban J connectivity index is 2.12. The smallest absolute Gasteiger partial charge is 0.268 e. The third kappa shape index (κ3) is 1.73. The molecule has 7 heteroatoms. The standard InChI is InChI=1S/C11H4Br2N2O2S/c12-5-1-2-6-7(3-5)10(17)15(9(6)16)11-14-4-8(13)18-11/h1-4H. The molecule has 18 heavy (non-hydrogen) atoms. The molecule has 1 aliphatic heterocycles. The summed E-state index contributed by atoms with van der Waals surface area (Å²) in [6.07, 6.45) is 1.57. The molecule has 0 radical (unpaired) electrons. The number of thiazole rings is 1. The molecule has 3 rings (SSSR count). The number of anilines is 1. The molecule has 1 aromatic heterocycles. The molecule has 0 saturated carbocycles. The molecule has 0 bridgehead atoms. The molecule has 0 saturated heterocycles. The highest BCUT2D eigenvalue weighted by atomic mass is 79.9. The van der Waals surface area contributed by atoms with Crippen molar-refractivity contribution in [1.82, 2.24) is 4.98 Å². The Morgan fingerprint density at radius 1 is 1.11 bits per heavy atom. The van der Waals surface area contributed by atoms with Crippen LogP contribution in [0.3, 0.4) is 0 Å². The highest BCUT2D eigenvalue weighted by molar-refractivity contribution is 9.11. The van der Waals surface area contributed by atoms with Gasteiger partial charge in [-0.15, -0.1) is 0 Å². The van der Waals surface area contributed by atoms with Crippen molar-refractivity contribution in [2.45, 2.75) is 0 Å². The molecule has 1 aromatic carbocycles. The second kappa shape index (κ2) is 4.25. The first-order valence-corrected chi connectivity index (χ1v) is 7.28. The fourth-order valence-corrected chi connectivity index (χ4v) is 3.28. The molecule has 0 aliphatic carbocycles. The van der Waals surface area contributed by atoms with Crippen molar-refractivity contribution in [3.8, 4) is 0 Å². The van der Waals surface area contributed by atoms with Crippen molar-refractivity contribution in [2.75, 3.05) is 4.90 Å². The van der Waals surface area contributed by atoms with Crippen molar-refractivity contribution < 1.29 is 9.59 Å². The summed E-state index contributed by atoms with van der Waals surface area (Å²) in [5.41, 5.74) is 0.815. The zero-order valence-corrected chi connectivity index (χ0v) is 12.7. The number of nitrogens with zero attached hydrogens (tertiary/aromatic N) is 2. The number of carbonyl (C=O) groups is 2. The molecular formula is C11H4Br2N2O2S. The number of fused-ring (bicyclic) bond motifs is 1. The zero-order valence-electron chi connectivity index (χ0n) is 8.68. The lowest BCUT2D eigenvalue weighted by Gasteiger charge is -2.08. The quantitative estimate of drug-likeness (QED) is 0.704. The predicted molar refractivity (Wildman–Crippen MR) is 75.1 cm³/mol. The number of imide groups is 1. The van der Waals surface area contributed by atoms with Crippen molar-refractivity contribution in [2.24, 2.45) is 0 Å². The molecule has 2 heterocycles. The average molecular weight is 388 g/mol. The molecule has 0 spiro atoms. The van der Waals surface area contributed by atoms with Gasteiger partial charge >= 0.3 is 0 Å². The molecular weight excluding hydrogens is 384 g/mol. The van der Waals surface area contributed by atoms with E-state index in [4.69, 9.17) is 0 Å². The number of aromatic nitrogens is 1. The summed E-state index contributed by atoms with van der Waals surface area (Å²) in [6, 6.07) is 5.03. The number of hydrogen-bond donors (Lipinski definition) is 0. The summed E-state index contributed by atoms with van der Waals surface area (Å²) in [6.45, 7) is 0. The monoisotopic (exact) mass is 386 g/mol. The minimum atomic E-state index is -0.335. The molecule has 1 aliphatic rings. The molecule has 2 amide bonds. The van der Waals surface area contributed by atoms with E-state index >= 15 is 0 Å². The zero-order chi connectivity index (χ0) is 12.9. The fraction of sp³-hybridized carbons (Fsp3) is 0. The van der Waals surface area contributed by atoms with Crippen molar-refractivity contribution in [3.05, 3.63) is 43.8 Å². The number of hydrogen-bond acceptors (Lipinski definition) is 4. The Morgan fingerprint density at radius 2 is 1.83 bits per heavy atom. The number of rotatable bonds is 1. The minimum absolute atomic E-state index is 0.329. The molecule has 0 fully saturated rings. The summed E-state index contributed by atoms with van der Waals surface area (Å²) in [5.74, 6) is -0.664. The van der Waals surface area contributed by atoms with Crippen LogP contribution in [-0.4, -0.2) is 16.8 Å². The lowest BCUT2D eigenvalue weighted by atomic mass is 10.1. The van der Waals surface area contributed by atoms with Gasteiger partial charge in [-0.05, 0) is 34.1 Å². The van der Waals surface area contributed by atoms with E-state index < -0.39 is 0 Å². The van der Waals surface area contributed by atoms with Crippen LogP contribution in [0.1, 0.15) is 20.7 Å². The van der Waals surface area contributed by atoms with Gasteiger partial charge in [0.05, 0.1) is 21.1 Å². The minimum Gasteiger partial charge on any atom is -0.268 e. The Labute approximate surface area is 123 Å². The van der Waals surface area contributed by atoms with E-state index in [1.165, 1.54) is 11.3 Å². The number of amides is 2. The van der Waals surface area contributed by atoms with Crippen LogP contribution in [0, 0.1) is 0 Å². The Morgan fingerprint density at radius 3 is 2.50 bits per heavy atom. The Bertz CT molecular complexity index is 683. The van der Waals surface area contributed by atoms with Crippen LogP contribution in [0.15, 0.2) is 32.7 Å². The van der Waals surface area contributed by atoms with Crippen LogP contribution in [0.2, 0.25) is 0 Å². The van der Waals surface area contributed by atoms with E-state index in [1.54, 1.807) is 24.4 Å². The van der Waals surface area contributed by atoms with E-state index in [9.17, 15) is 9.59 Å². The molecule has 90 valence electrons. The summed E-state index contributed by atoms with van der Waals surface area (Å²) in [5, 5.41) is 0.379. The predicted octanol–water partition coefficient (Wildman–Crippen LogP) is 3.47. The normalized spacial score (nSPS) is 14.2. The number of halogens is 2. The van der Waals surface area contributed by atoms with Gasteiger partial charge in [-0.25, -0.2) is 9.88 Å². The lowest BCUT2D eigenvalue weighted by Crippen LogP contribution is -2.29. The van der Waals surface area contributed by atoms with Crippen molar-refractivity contribution >= 4 is 60.1 Å². The van der Waals surface area contributed by atoms with Gasteiger partial charge in [0.1, 0.15) is 0 Å². The van der Waals surface area contributed by atoms with Crippen molar-refractivity contribution in [3.63, 3.8) is 0 Å². The molecule has 0 atom stereocenters. The summed E-state index contributed by atoms with van der Waals surface area (Å²) >= 11 is 7.80. The van der Waals surface area contributed by atoms with E-state index in [1.807, 2.05) is 0 Å².